The van der Waals surface area contributed by atoms with Crippen LogP contribution in [-0.2, 0) is 10.3 Å². The van der Waals surface area contributed by atoms with Gasteiger partial charge in [-0.05, 0) is 19.8 Å². The fourth-order valence-electron chi connectivity index (χ4n) is 2.37. The van der Waals surface area contributed by atoms with Gasteiger partial charge >= 0.3 is 0 Å². The lowest BCUT2D eigenvalue weighted by Gasteiger charge is -2.29. The number of thiazole rings is 1. The van der Waals surface area contributed by atoms with Crippen molar-refractivity contribution < 1.29 is 4.74 Å². The fraction of sp³-hybridized carbons (Fsp3) is 0.750. The molecular formula is C12H19NOS. The summed E-state index contributed by atoms with van der Waals surface area (Å²) in [5, 5.41) is 3.31. The SMILES string of the molecule is COC1(c2nc(C)cs2)CCCCCC1. The molecule has 0 atom stereocenters. The van der Waals surface area contributed by atoms with E-state index in [1.807, 2.05) is 7.11 Å². The second kappa shape index (κ2) is 4.62. The van der Waals surface area contributed by atoms with Crippen LogP contribution in [0.15, 0.2) is 5.38 Å². The van der Waals surface area contributed by atoms with Crippen molar-refractivity contribution in [2.75, 3.05) is 7.11 Å². The minimum atomic E-state index is -0.0740. The van der Waals surface area contributed by atoms with Gasteiger partial charge in [0.25, 0.3) is 0 Å². The minimum Gasteiger partial charge on any atom is -0.371 e. The number of aryl methyl sites for hydroxylation is 1. The van der Waals surface area contributed by atoms with Gasteiger partial charge in [-0.3, -0.25) is 0 Å². The maximum absolute atomic E-state index is 5.81. The predicted octanol–water partition coefficient (Wildman–Crippen LogP) is 3.65. The molecule has 0 bridgehead atoms. The Hall–Kier alpha value is -0.410. The summed E-state index contributed by atoms with van der Waals surface area (Å²) in [5.74, 6) is 0. The van der Waals surface area contributed by atoms with E-state index in [2.05, 4.69) is 17.3 Å². The highest BCUT2D eigenvalue weighted by molar-refractivity contribution is 7.09. The van der Waals surface area contributed by atoms with Crippen molar-refractivity contribution in [2.45, 2.75) is 51.0 Å². The molecule has 0 spiro atoms. The predicted molar refractivity (Wildman–Crippen MR) is 63.2 cm³/mol. The topological polar surface area (TPSA) is 22.1 Å². The molecule has 1 aliphatic carbocycles. The van der Waals surface area contributed by atoms with E-state index in [0.717, 1.165) is 18.5 Å². The first-order chi connectivity index (χ1) is 7.27. The minimum absolute atomic E-state index is 0.0740. The van der Waals surface area contributed by atoms with Gasteiger partial charge in [0.05, 0.1) is 0 Å². The third-order valence-electron chi connectivity index (χ3n) is 3.31. The van der Waals surface area contributed by atoms with Gasteiger partial charge in [0.15, 0.2) is 0 Å². The lowest BCUT2D eigenvalue weighted by Crippen LogP contribution is -2.27. The van der Waals surface area contributed by atoms with Crippen LogP contribution in [0.5, 0.6) is 0 Å². The van der Waals surface area contributed by atoms with Crippen molar-refractivity contribution in [2.24, 2.45) is 0 Å². The van der Waals surface area contributed by atoms with Crippen LogP contribution in [0.3, 0.4) is 0 Å². The molecule has 1 fully saturated rings. The zero-order valence-electron chi connectivity index (χ0n) is 9.58. The fourth-order valence-corrected chi connectivity index (χ4v) is 3.40. The monoisotopic (exact) mass is 225 g/mol. The number of methoxy groups -OCH3 is 1. The molecule has 0 radical (unpaired) electrons. The van der Waals surface area contributed by atoms with Crippen LogP contribution < -0.4 is 0 Å². The Labute approximate surface area is 95.7 Å². The summed E-state index contributed by atoms with van der Waals surface area (Å²) in [7, 11) is 1.84. The highest BCUT2D eigenvalue weighted by Crippen LogP contribution is 2.40. The van der Waals surface area contributed by atoms with Gasteiger partial charge in [0.1, 0.15) is 10.6 Å². The first-order valence-electron chi connectivity index (χ1n) is 5.75. The van der Waals surface area contributed by atoms with E-state index in [-0.39, 0.29) is 5.60 Å². The molecule has 0 unspecified atom stereocenters. The molecular weight excluding hydrogens is 206 g/mol. The Balaban J connectivity index is 2.26. The first kappa shape index (κ1) is 11.1. The van der Waals surface area contributed by atoms with E-state index >= 15 is 0 Å². The molecule has 0 saturated heterocycles. The zero-order chi connectivity index (χ0) is 10.7. The van der Waals surface area contributed by atoms with Crippen LogP contribution in [0.1, 0.15) is 49.2 Å². The maximum atomic E-state index is 5.81. The van der Waals surface area contributed by atoms with Gasteiger partial charge in [-0.25, -0.2) is 4.98 Å². The molecule has 1 heterocycles. The summed E-state index contributed by atoms with van der Waals surface area (Å²) in [5.41, 5.74) is 1.05. The quantitative estimate of drug-likeness (QED) is 0.717. The maximum Gasteiger partial charge on any atom is 0.125 e. The second-order valence-electron chi connectivity index (χ2n) is 4.41. The van der Waals surface area contributed by atoms with Crippen LogP contribution in [0.2, 0.25) is 0 Å². The normalized spacial score (nSPS) is 21.2. The molecule has 0 amide bonds. The van der Waals surface area contributed by atoms with Gasteiger partial charge in [-0.15, -0.1) is 11.3 Å². The van der Waals surface area contributed by atoms with Crippen molar-refractivity contribution in [1.29, 1.82) is 0 Å². The molecule has 0 N–H and O–H groups in total. The Kier molecular flexibility index (Phi) is 3.42. The van der Waals surface area contributed by atoms with E-state index in [0.29, 0.717) is 0 Å². The molecule has 0 aliphatic heterocycles. The van der Waals surface area contributed by atoms with Crippen LogP contribution in [0.25, 0.3) is 0 Å². The van der Waals surface area contributed by atoms with Crippen LogP contribution in [-0.4, -0.2) is 12.1 Å². The van der Waals surface area contributed by atoms with Crippen molar-refractivity contribution in [3.8, 4) is 0 Å². The highest BCUT2D eigenvalue weighted by atomic mass is 32.1. The second-order valence-corrected chi connectivity index (χ2v) is 5.26. The third kappa shape index (κ3) is 2.23. The summed E-state index contributed by atoms with van der Waals surface area (Å²) >= 11 is 1.75. The summed E-state index contributed by atoms with van der Waals surface area (Å²) in [6.07, 6.45) is 7.50. The summed E-state index contributed by atoms with van der Waals surface area (Å²) in [6, 6.07) is 0. The largest absolute Gasteiger partial charge is 0.371 e. The number of hydrogen-bond donors (Lipinski definition) is 0. The summed E-state index contributed by atoms with van der Waals surface area (Å²) in [4.78, 5) is 4.61. The van der Waals surface area contributed by atoms with E-state index in [9.17, 15) is 0 Å². The van der Waals surface area contributed by atoms with Gasteiger partial charge in [-0.2, -0.15) is 0 Å². The first-order valence-corrected chi connectivity index (χ1v) is 6.62. The summed E-state index contributed by atoms with van der Waals surface area (Å²) < 4.78 is 5.81. The molecule has 84 valence electrons. The van der Waals surface area contributed by atoms with E-state index in [1.54, 1.807) is 11.3 Å². The Morgan fingerprint density at radius 1 is 1.27 bits per heavy atom. The van der Waals surface area contributed by atoms with Crippen molar-refractivity contribution in [1.82, 2.24) is 4.98 Å². The van der Waals surface area contributed by atoms with Gasteiger partial charge < -0.3 is 4.74 Å². The number of ether oxygens (including phenoxy) is 1. The molecule has 3 heteroatoms. The smallest absolute Gasteiger partial charge is 0.125 e. The molecule has 0 aromatic carbocycles. The molecule has 1 aromatic heterocycles. The molecule has 1 saturated carbocycles. The Bertz CT molecular complexity index is 313. The average Bonchev–Trinajstić information content (AvgIpc) is 2.56. The lowest BCUT2D eigenvalue weighted by molar-refractivity contribution is -0.0280. The zero-order valence-corrected chi connectivity index (χ0v) is 10.4. The van der Waals surface area contributed by atoms with Crippen LogP contribution >= 0.6 is 11.3 Å². The highest BCUT2D eigenvalue weighted by Gasteiger charge is 2.35. The van der Waals surface area contributed by atoms with Crippen LogP contribution in [0, 0.1) is 6.92 Å². The van der Waals surface area contributed by atoms with Gasteiger partial charge in [0.2, 0.25) is 0 Å². The van der Waals surface area contributed by atoms with E-state index in [1.165, 1.54) is 30.7 Å². The standard InChI is InChI=1S/C12H19NOS/c1-10-9-15-11(13-10)12(14-2)7-5-3-4-6-8-12/h9H,3-8H2,1-2H3. The molecule has 1 aromatic rings. The van der Waals surface area contributed by atoms with Crippen LogP contribution in [0.4, 0.5) is 0 Å². The van der Waals surface area contributed by atoms with E-state index < -0.39 is 0 Å². The van der Waals surface area contributed by atoms with Crippen molar-refractivity contribution in [3.63, 3.8) is 0 Å². The van der Waals surface area contributed by atoms with E-state index in [4.69, 9.17) is 4.74 Å². The molecule has 2 rings (SSSR count). The van der Waals surface area contributed by atoms with Gasteiger partial charge in [0, 0.05) is 18.2 Å². The van der Waals surface area contributed by atoms with Crippen molar-refractivity contribution >= 4 is 11.3 Å². The number of nitrogens with zero attached hydrogens (tertiary/aromatic N) is 1. The number of aromatic nitrogens is 1. The third-order valence-corrected chi connectivity index (χ3v) is 4.46. The van der Waals surface area contributed by atoms with Gasteiger partial charge in [-0.1, -0.05) is 25.7 Å². The summed E-state index contributed by atoms with van der Waals surface area (Å²) in [6.45, 7) is 2.06. The molecule has 2 nitrogen and oxygen atoms in total. The number of rotatable bonds is 2. The Morgan fingerprint density at radius 3 is 2.40 bits per heavy atom. The number of hydrogen-bond acceptors (Lipinski definition) is 3. The molecule has 1 aliphatic rings. The molecule has 15 heavy (non-hydrogen) atoms. The Morgan fingerprint density at radius 2 is 1.93 bits per heavy atom. The lowest BCUT2D eigenvalue weighted by atomic mass is 9.95. The average molecular weight is 225 g/mol. The van der Waals surface area contributed by atoms with Crippen molar-refractivity contribution in [3.05, 3.63) is 16.1 Å².